The van der Waals surface area contributed by atoms with Gasteiger partial charge in [0.1, 0.15) is 0 Å². The van der Waals surface area contributed by atoms with Crippen LogP contribution in [0.25, 0.3) is 22.0 Å². The number of halogens is 2. The first-order valence-electron chi connectivity index (χ1n) is 8.75. The van der Waals surface area contributed by atoms with E-state index in [1.807, 2.05) is 18.2 Å². The number of H-pyrrole nitrogens is 1. The topological polar surface area (TPSA) is 64.2 Å². The van der Waals surface area contributed by atoms with Gasteiger partial charge in [0.15, 0.2) is 17.3 Å². The maximum atomic E-state index is 12.3. The molecule has 1 N–H and O–H groups in total. The van der Waals surface area contributed by atoms with Crippen LogP contribution in [-0.2, 0) is 0 Å². The zero-order valence-corrected chi connectivity index (χ0v) is 17.3. The monoisotopic (exact) mass is 418 g/mol. The van der Waals surface area contributed by atoms with E-state index in [2.05, 4.69) is 23.8 Å². The molecule has 0 atom stereocenters. The molecule has 0 saturated carbocycles. The zero-order valence-electron chi connectivity index (χ0n) is 15.8. The summed E-state index contributed by atoms with van der Waals surface area (Å²) in [4.78, 5) is 19.4. The van der Waals surface area contributed by atoms with E-state index in [9.17, 15) is 4.79 Å². The van der Waals surface area contributed by atoms with Crippen molar-refractivity contribution in [2.24, 2.45) is 5.92 Å². The Morgan fingerprint density at radius 3 is 2.71 bits per heavy atom. The lowest BCUT2D eigenvalue weighted by molar-refractivity contribution is 0.257. The SMILES string of the molecule is COc1cc(/C=C(\Cl)c2nc3cc(Cl)ccc3c(=O)[nH]2)ccc1OCC(C)C. The van der Waals surface area contributed by atoms with E-state index < -0.39 is 0 Å². The lowest BCUT2D eigenvalue weighted by Gasteiger charge is -2.13. The van der Waals surface area contributed by atoms with E-state index in [-0.39, 0.29) is 16.4 Å². The van der Waals surface area contributed by atoms with Crippen molar-refractivity contribution in [1.29, 1.82) is 0 Å². The van der Waals surface area contributed by atoms with Crippen molar-refractivity contribution in [2.45, 2.75) is 13.8 Å². The average molecular weight is 419 g/mol. The first-order valence-corrected chi connectivity index (χ1v) is 9.51. The summed E-state index contributed by atoms with van der Waals surface area (Å²) in [5.74, 6) is 1.94. The van der Waals surface area contributed by atoms with Gasteiger partial charge in [-0.3, -0.25) is 4.79 Å². The Hall–Kier alpha value is -2.50. The van der Waals surface area contributed by atoms with Crippen molar-refractivity contribution in [3.63, 3.8) is 0 Å². The molecule has 0 unspecified atom stereocenters. The Kier molecular flexibility index (Phi) is 6.27. The Balaban J connectivity index is 1.95. The van der Waals surface area contributed by atoms with Crippen molar-refractivity contribution in [3.8, 4) is 11.5 Å². The van der Waals surface area contributed by atoms with Crippen LogP contribution >= 0.6 is 23.2 Å². The predicted molar refractivity (Wildman–Crippen MR) is 114 cm³/mol. The Morgan fingerprint density at radius 2 is 2.00 bits per heavy atom. The van der Waals surface area contributed by atoms with Gasteiger partial charge in [0.25, 0.3) is 5.56 Å². The molecule has 0 amide bonds. The molecule has 0 aliphatic rings. The molecule has 28 heavy (non-hydrogen) atoms. The van der Waals surface area contributed by atoms with E-state index in [1.54, 1.807) is 31.4 Å². The standard InChI is InChI=1S/C21H20Cl2N2O3/c1-12(2)11-28-18-7-4-13(9-19(18)27-3)8-16(23)20-24-17-10-14(22)5-6-15(17)21(26)25-20/h4-10,12H,11H2,1-3H3,(H,24,25,26)/b16-8-. The molecule has 0 aliphatic carbocycles. The van der Waals surface area contributed by atoms with Gasteiger partial charge in [-0.15, -0.1) is 0 Å². The minimum atomic E-state index is -0.279. The maximum absolute atomic E-state index is 12.3. The van der Waals surface area contributed by atoms with E-state index in [0.717, 1.165) is 5.56 Å². The third kappa shape index (κ3) is 4.66. The second-order valence-corrected chi connectivity index (χ2v) is 7.53. The molecule has 0 saturated heterocycles. The van der Waals surface area contributed by atoms with E-state index >= 15 is 0 Å². The fourth-order valence-corrected chi connectivity index (χ4v) is 2.97. The molecule has 1 heterocycles. The molecular weight excluding hydrogens is 399 g/mol. The molecule has 0 radical (unpaired) electrons. The summed E-state index contributed by atoms with van der Waals surface area (Å²) in [6, 6.07) is 10.4. The summed E-state index contributed by atoms with van der Waals surface area (Å²) in [6.07, 6.45) is 1.70. The number of aromatic amines is 1. The summed E-state index contributed by atoms with van der Waals surface area (Å²) in [6.45, 7) is 4.75. The molecule has 0 spiro atoms. The van der Waals surface area contributed by atoms with Crippen molar-refractivity contribution < 1.29 is 9.47 Å². The highest BCUT2D eigenvalue weighted by Crippen LogP contribution is 2.30. The molecular formula is C21H20Cl2N2O3. The molecule has 1 aromatic heterocycles. The Bertz CT molecular complexity index is 1090. The number of nitrogens with zero attached hydrogens (tertiary/aromatic N) is 1. The van der Waals surface area contributed by atoms with Crippen molar-refractivity contribution in [1.82, 2.24) is 9.97 Å². The minimum Gasteiger partial charge on any atom is -0.493 e. The van der Waals surface area contributed by atoms with Crippen molar-refractivity contribution in [3.05, 3.63) is 63.2 Å². The Morgan fingerprint density at radius 1 is 1.21 bits per heavy atom. The summed E-state index contributed by atoms with van der Waals surface area (Å²) in [5, 5.41) is 1.24. The van der Waals surface area contributed by atoms with Gasteiger partial charge in [-0.25, -0.2) is 4.98 Å². The number of ether oxygens (including phenoxy) is 2. The van der Waals surface area contributed by atoms with Crippen molar-refractivity contribution >= 4 is 45.2 Å². The van der Waals surface area contributed by atoms with Gasteiger partial charge >= 0.3 is 0 Å². The molecule has 3 aromatic rings. The summed E-state index contributed by atoms with van der Waals surface area (Å²) >= 11 is 12.4. The number of rotatable bonds is 6. The molecule has 0 bridgehead atoms. The molecule has 146 valence electrons. The average Bonchev–Trinajstić information content (AvgIpc) is 2.66. The third-order valence-electron chi connectivity index (χ3n) is 3.95. The highest BCUT2D eigenvalue weighted by molar-refractivity contribution is 6.50. The van der Waals surface area contributed by atoms with Crippen LogP contribution in [0.4, 0.5) is 0 Å². The van der Waals surface area contributed by atoms with Crippen LogP contribution in [0, 0.1) is 5.92 Å². The highest BCUT2D eigenvalue weighted by atomic mass is 35.5. The third-order valence-corrected chi connectivity index (χ3v) is 4.47. The first kappa shape index (κ1) is 20.2. The zero-order chi connectivity index (χ0) is 20.3. The van der Waals surface area contributed by atoms with Crippen LogP contribution in [0.5, 0.6) is 11.5 Å². The number of methoxy groups -OCH3 is 1. The van der Waals surface area contributed by atoms with Crippen molar-refractivity contribution in [2.75, 3.05) is 13.7 Å². The van der Waals surface area contributed by atoms with E-state index in [0.29, 0.717) is 39.9 Å². The van der Waals surface area contributed by atoms with Gasteiger partial charge in [0, 0.05) is 5.02 Å². The van der Waals surface area contributed by atoms with E-state index in [4.69, 9.17) is 32.7 Å². The second-order valence-electron chi connectivity index (χ2n) is 6.68. The van der Waals surface area contributed by atoms with Gasteiger partial charge in [-0.05, 0) is 47.9 Å². The quantitative estimate of drug-likeness (QED) is 0.585. The van der Waals surface area contributed by atoms with Gasteiger partial charge in [-0.2, -0.15) is 0 Å². The number of hydrogen-bond acceptors (Lipinski definition) is 4. The first-order chi connectivity index (χ1) is 13.4. The van der Waals surface area contributed by atoms with Crippen LogP contribution in [0.2, 0.25) is 5.02 Å². The number of benzene rings is 2. The smallest absolute Gasteiger partial charge is 0.259 e. The largest absolute Gasteiger partial charge is 0.493 e. The van der Waals surface area contributed by atoms with Gasteiger partial charge in [-0.1, -0.05) is 43.1 Å². The molecule has 0 aliphatic heterocycles. The van der Waals surface area contributed by atoms with E-state index in [1.165, 1.54) is 0 Å². The number of nitrogens with one attached hydrogen (secondary N) is 1. The summed E-state index contributed by atoms with van der Waals surface area (Å²) in [7, 11) is 1.58. The fourth-order valence-electron chi connectivity index (χ4n) is 2.59. The lowest BCUT2D eigenvalue weighted by atomic mass is 10.1. The summed E-state index contributed by atoms with van der Waals surface area (Å²) < 4.78 is 11.2. The van der Waals surface area contributed by atoms with Gasteiger partial charge < -0.3 is 14.5 Å². The Labute approximate surface area is 172 Å². The van der Waals surface area contributed by atoms with Crippen LogP contribution in [0.1, 0.15) is 25.2 Å². The lowest BCUT2D eigenvalue weighted by Crippen LogP contribution is -2.10. The number of aromatic nitrogens is 2. The number of hydrogen-bond donors (Lipinski definition) is 1. The van der Waals surface area contributed by atoms with Gasteiger partial charge in [0.05, 0.1) is 29.7 Å². The van der Waals surface area contributed by atoms with Gasteiger partial charge in [0.2, 0.25) is 0 Å². The van der Waals surface area contributed by atoms with Crippen LogP contribution < -0.4 is 15.0 Å². The fraction of sp³-hybridized carbons (Fsp3) is 0.238. The van der Waals surface area contributed by atoms with Crippen LogP contribution in [-0.4, -0.2) is 23.7 Å². The highest BCUT2D eigenvalue weighted by Gasteiger charge is 2.10. The summed E-state index contributed by atoms with van der Waals surface area (Å²) in [5.41, 5.74) is 0.985. The predicted octanol–water partition coefficient (Wildman–Crippen LogP) is 5.36. The minimum absolute atomic E-state index is 0.264. The number of fused-ring (bicyclic) bond motifs is 1. The molecule has 3 rings (SSSR count). The molecule has 2 aromatic carbocycles. The van der Waals surface area contributed by atoms with Crippen LogP contribution in [0.15, 0.2) is 41.2 Å². The maximum Gasteiger partial charge on any atom is 0.259 e. The van der Waals surface area contributed by atoms with Crippen LogP contribution in [0.3, 0.4) is 0 Å². The molecule has 0 fully saturated rings. The molecule has 5 nitrogen and oxygen atoms in total. The molecule has 7 heteroatoms. The normalized spacial score (nSPS) is 11.9. The second kappa shape index (κ2) is 8.67.